The molecule has 0 aliphatic rings. The van der Waals surface area contributed by atoms with Crippen LogP contribution in [0.5, 0.6) is 0 Å². The van der Waals surface area contributed by atoms with Gasteiger partial charge in [0.05, 0.1) is 12.1 Å². The van der Waals surface area contributed by atoms with Crippen LogP contribution in [0.3, 0.4) is 0 Å². The number of nitrogens with two attached hydrogens (primary N) is 1. The summed E-state index contributed by atoms with van der Waals surface area (Å²) in [5, 5.41) is 11.3. The van der Waals surface area contributed by atoms with E-state index in [0.717, 1.165) is 3.57 Å². The summed E-state index contributed by atoms with van der Waals surface area (Å²) in [6, 6.07) is 5.48. The number of oxime groups is 1. The number of carbonyl (C=O) groups excluding carboxylic acids is 1. The van der Waals surface area contributed by atoms with Crippen LogP contribution in [-0.4, -0.2) is 35.4 Å². The minimum absolute atomic E-state index is 0.0115. The van der Waals surface area contributed by atoms with Crippen molar-refractivity contribution in [1.82, 2.24) is 4.90 Å². The van der Waals surface area contributed by atoms with Crippen LogP contribution in [0, 0.1) is 3.57 Å². The second kappa shape index (κ2) is 6.20. The third kappa shape index (κ3) is 3.84. The Morgan fingerprint density at radius 1 is 1.65 bits per heavy atom. The largest absolute Gasteiger partial charge is 0.409 e. The zero-order valence-electron chi connectivity index (χ0n) is 9.02. The van der Waals surface area contributed by atoms with Crippen molar-refractivity contribution in [2.45, 2.75) is 0 Å². The molecule has 0 spiro atoms. The average molecular weight is 412 g/mol. The van der Waals surface area contributed by atoms with Crippen molar-refractivity contribution in [3.8, 4) is 0 Å². The molecule has 0 saturated heterocycles. The van der Waals surface area contributed by atoms with Crippen LogP contribution in [0.1, 0.15) is 10.4 Å². The van der Waals surface area contributed by atoms with Gasteiger partial charge >= 0.3 is 0 Å². The summed E-state index contributed by atoms with van der Waals surface area (Å²) in [4.78, 5) is 13.4. The fourth-order valence-corrected chi connectivity index (χ4v) is 2.12. The Morgan fingerprint density at radius 3 is 2.88 bits per heavy atom. The first kappa shape index (κ1) is 14.2. The molecule has 0 bridgehead atoms. The maximum Gasteiger partial charge on any atom is 0.255 e. The fraction of sp³-hybridized carbons (Fsp3) is 0.200. The van der Waals surface area contributed by atoms with Crippen LogP contribution in [0.4, 0.5) is 0 Å². The second-order valence-electron chi connectivity index (χ2n) is 3.38. The van der Waals surface area contributed by atoms with Crippen molar-refractivity contribution in [2.24, 2.45) is 10.9 Å². The molecule has 0 heterocycles. The van der Waals surface area contributed by atoms with Crippen LogP contribution >= 0.6 is 38.5 Å². The van der Waals surface area contributed by atoms with Crippen molar-refractivity contribution < 1.29 is 10.0 Å². The molecule has 0 aliphatic carbocycles. The predicted octanol–water partition coefficient (Wildman–Crippen LogP) is 1.87. The first-order valence-electron chi connectivity index (χ1n) is 4.62. The lowest BCUT2D eigenvalue weighted by Gasteiger charge is -2.17. The standard InChI is InChI=1S/C10H11BrIN3O2/c1-15(5-9(13)14-17)10(16)7-4-6(12)2-3-8(7)11/h2-4,17H,5H2,1H3,(H2,13,14). The number of hydrogen-bond donors (Lipinski definition) is 2. The Morgan fingerprint density at radius 2 is 2.29 bits per heavy atom. The normalized spacial score (nSPS) is 11.4. The molecule has 1 aromatic rings. The lowest BCUT2D eigenvalue weighted by Crippen LogP contribution is -2.35. The van der Waals surface area contributed by atoms with E-state index in [-0.39, 0.29) is 18.3 Å². The lowest BCUT2D eigenvalue weighted by atomic mass is 10.2. The van der Waals surface area contributed by atoms with Gasteiger partial charge in [-0.1, -0.05) is 5.16 Å². The van der Waals surface area contributed by atoms with E-state index < -0.39 is 0 Å². The number of halogens is 2. The molecule has 1 amide bonds. The summed E-state index contributed by atoms with van der Waals surface area (Å²) < 4.78 is 1.68. The SMILES string of the molecule is CN(C/C(N)=N/O)C(=O)c1cc(I)ccc1Br. The van der Waals surface area contributed by atoms with E-state index in [4.69, 9.17) is 10.9 Å². The van der Waals surface area contributed by atoms with E-state index in [1.54, 1.807) is 13.1 Å². The zero-order chi connectivity index (χ0) is 13.0. The molecule has 92 valence electrons. The fourth-order valence-electron chi connectivity index (χ4n) is 1.21. The van der Waals surface area contributed by atoms with Gasteiger partial charge in [0.15, 0.2) is 5.84 Å². The molecule has 1 aromatic carbocycles. The number of nitrogens with zero attached hydrogens (tertiary/aromatic N) is 2. The number of amides is 1. The highest BCUT2D eigenvalue weighted by atomic mass is 127. The van der Waals surface area contributed by atoms with Crippen molar-refractivity contribution in [3.63, 3.8) is 0 Å². The number of likely N-dealkylation sites (N-methyl/N-ethyl adjacent to an activating group) is 1. The van der Waals surface area contributed by atoms with Gasteiger partial charge in [-0.05, 0) is 56.7 Å². The van der Waals surface area contributed by atoms with Gasteiger partial charge in [0.25, 0.3) is 5.91 Å². The van der Waals surface area contributed by atoms with Gasteiger partial charge in [-0.15, -0.1) is 0 Å². The summed E-state index contributed by atoms with van der Waals surface area (Å²) in [5.74, 6) is -0.204. The van der Waals surface area contributed by atoms with Gasteiger partial charge in [-0.2, -0.15) is 0 Å². The molecule has 0 fully saturated rings. The van der Waals surface area contributed by atoms with Gasteiger partial charge in [-0.25, -0.2) is 0 Å². The van der Waals surface area contributed by atoms with Crippen LogP contribution < -0.4 is 5.73 Å². The molecule has 0 saturated carbocycles. The van der Waals surface area contributed by atoms with E-state index >= 15 is 0 Å². The minimum Gasteiger partial charge on any atom is -0.409 e. The molecule has 0 unspecified atom stereocenters. The molecular weight excluding hydrogens is 401 g/mol. The van der Waals surface area contributed by atoms with Gasteiger partial charge in [0.1, 0.15) is 0 Å². The number of amidine groups is 1. The Hall–Kier alpha value is -0.830. The number of rotatable bonds is 3. The smallest absolute Gasteiger partial charge is 0.255 e. The summed E-state index contributed by atoms with van der Waals surface area (Å²) in [6.45, 7) is 0.0766. The maximum absolute atomic E-state index is 12.1. The number of benzene rings is 1. The average Bonchev–Trinajstić information content (AvgIpc) is 2.31. The van der Waals surface area contributed by atoms with Crippen LogP contribution in [0.2, 0.25) is 0 Å². The first-order chi connectivity index (χ1) is 7.95. The predicted molar refractivity (Wildman–Crippen MR) is 77.2 cm³/mol. The minimum atomic E-state index is -0.193. The van der Waals surface area contributed by atoms with Crippen molar-refractivity contribution >= 4 is 50.3 Å². The Labute approximate surface area is 121 Å². The maximum atomic E-state index is 12.1. The van der Waals surface area contributed by atoms with Gasteiger partial charge < -0.3 is 15.8 Å². The summed E-state index contributed by atoms with van der Waals surface area (Å²) in [6.07, 6.45) is 0. The van der Waals surface area contributed by atoms with Gasteiger partial charge in [-0.3, -0.25) is 4.79 Å². The number of hydrogen-bond acceptors (Lipinski definition) is 3. The van der Waals surface area contributed by atoms with E-state index in [0.29, 0.717) is 10.0 Å². The highest BCUT2D eigenvalue weighted by Crippen LogP contribution is 2.20. The summed E-state index contributed by atoms with van der Waals surface area (Å²) in [7, 11) is 1.59. The summed E-state index contributed by atoms with van der Waals surface area (Å²) >= 11 is 5.45. The molecule has 7 heteroatoms. The Bertz CT molecular complexity index is 465. The lowest BCUT2D eigenvalue weighted by molar-refractivity contribution is 0.0812. The molecule has 5 nitrogen and oxygen atoms in total. The molecular formula is C10H11BrIN3O2. The zero-order valence-corrected chi connectivity index (χ0v) is 12.8. The molecule has 1 rings (SSSR count). The van der Waals surface area contributed by atoms with Crippen LogP contribution in [-0.2, 0) is 0 Å². The molecule has 0 aliphatic heterocycles. The molecule has 0 atom stereocenters. The van der Waals surface area contributed by atoms with Crippen molar-refractivity contribution in [3.05, 3.63) is 31.8 Å². The molecule has 3 N–H and O–H groups in total. The highest BCUT2D eigenvalue weighted by Gasteiger charge is 2.16. The number of carbonyl (C=O) groups is 1. The van der Waals surface area contributed by atoms with Crippen LogP contribution in [0.15, 0.2) is 27.8 Å². The molecule has 17 heavy (non-hydrogen) atoms. The van der Waals surface area contributed by atoms with Crippen molar-refractivity contribution in [1.29, 1.82) is 0 Å². The monoisotopic (exact) mass is 411 g/mol. The van der Waals surface area contributed by atoms with E-state index in [1.807, 2.05) is 12.1 Å². The molecule has 0 radical (unpaired) electrons. The Kier molecular flexibility index (Phi) is 5.19. The third-order valence-corrected chi connectivity index (χ3v) is 3.40. The van der Waals surface area contributed by atoms with E-state index in [2.05, 4.69) is 43.7 Å². The Balaban J connectivity index is 2.92. The van der Waals surface area contributed by atoms with Crippen molar-refractivity contribution in [2.75, 3.05) is 13.6 Å². The second-order valence-corrected chi connectivity index (χ2v) is 5.48. The van der Waals surface area contributed by atoms with E-state index in [1.165, 1.54) is 4.90 Å². The topological polar surface area (TPSA) is 78.9 Å². The molecule has 0 aromatic heterocycles. The third-order valence-electron chi connectivity index (χ3n) is 2.03. The van der Waals surface area contributed by atoms with Crippen LogP contribution in [0.25, 0.3) is 0 Å². The first-order valence-corrected chi connectivity index (χ1v) is 6.49. The highest BCUT2D eigenvalue weighted by molar-refractivity contribution is 14.1. The van der Waals surface area contributed by atoms with Gasteiger partial charge in [0, 0.05) is 15.1 Å². The van der Waals surface area contributed by atoms with Gasteiger partial charge in [0.2, 0.25) is 0 Å². The quantitative estimate of drug-likeness (QED) is 0.262. The van der Waals surface area contributed by atoms with E-state index in [9.17, 15) is 4.79 Å². The summed E-state index contributed by atoms with van der Waals surface area (Å²) in [5.41, 5.74) is 5.90.